The van der Waals surface area contributed by atoms with E-state index in [0.717, 1.165) is 24.0 Å². The Balaban J connectivity index is 1.98. The van der Waals surface area contributed by atoms with E-state index in [1.807, 2.05) is 18.2 Å². The number of hydrogen-bond donors (Lipinski definition) is 0. The molecule has 1 atom stereocenters. The molecule has 124 valence electrons. The lowest BCUT2D eigenvalue weighted by atomic mass is 9.93. The first-order valence-corrected chi connectivity index (χ1v) is 8.77. The van der Waals surface area contributed by atoms with E-state index in [-0.39, 0.29) is 0 Å². The van der Waals surface area contributed by atoms with Crippen LogP contribution in [0.4, 0.5) is 0 Å². The number of aryl methyl sites for hydroxylation is 2. The van der Waals surface area contributed by atoms with Crippen molar-refractivity contribution in [2.24, 2.45) is 5.92 Å². The largest absolute Gasteiger partial charge is 0.192 e. The summed E-state index contributed by atoms with van der Waals surface area (Å²) in [7, 11) is 0. The van der Waals surface area contributed by atoms with E-state index in [1.165, 1.54) is 27.5 Å². The molecule has 1 unspecified atom stereocenters. The van der Waals surface area contributed by atoms with Gasteiger partial charge < -0.3 is 0 Å². The molecule has 0 heterocycles. The average Bonchev–Trinajstić information content (AvgIpc) is 2.65. The minimum atomic E-state index is 0.458. The molecular weight excluding hydrogens is 302 g/mol. The van der Waals surface area contributed by atoms with Crippen molar-refractivity contribution in [1.82, 2.24) is 0 Å². The molecule has 0 aromatic heterocycles. The monoisotopic (exact) mass is 325 g/mol. The van der Waals surface area contributed by atoms with Crippen molar-refractivity contribution in [1.29, 1.82) is 5.26 Å². The molecule has 1 heteroatoms. The van der Waals surface area contributed by atoms with E-state index in [0.29, 0.717) is 5.92 Å². The van der Waals surface area contributed by atoms with Gasteiger partial charge in [-0.05, 0) is 71.3 Å². The Hall–Kier alpha value is -2.85. The molecule has 0 radical (unpaired) electrons. The fraction of sp³-hybridized carbons (Fsp3) is 0.208. The molecule has 0 aliphatic carbocycles. The van der Waals surface area contributed by atoms with Crippen LogP contribution in [-0.2, 0) is 6.42 Å². The van der Waals surface area contributed by atoms with Crippen molar-refractivity contribution in [2.75, 3.05) is 0 Å². The van der Waals surface area contributed by atoms with Crippen LogP contribution in [0.15, 0.2) is 67.3 Å². The maximum atomic E-state index is 9.40. The molecule has 25 heavy (non-hydrogen) atoms. The summed E-state index contributed by atoms with van der Waals surface area (Å²) < 4.78 is 0. The van der Waals surface area contributed by atoms with E-state index in [9.17, 15) is 5.26 Å². The summed E-state index contributed by atoms with van der Waals surface area (Å²) in [5.41, 5.74) is 5.54. The number of nitrogens with zero attached hydrogens (tertiary/aromatic N) is 1. The molecular formula is C24H23N. The van der Waals surface area contributed by atoms with Crippen LogP contribution in [0.5, 0.6) is 0 Å². The lowest BCUT2D eigenvalue weighted by Crippen LogP contribution is -1.97. The second kappa shape index (κ2) is 7.36. The quantitative estimate of drug-likeness (QED) is 0.495. The first-order chi connectivity index (χ1) is 12.1. The lowest BCUT2D eigenvalue weighted by molar-refractivity contribution is 0.648. The molecule has 3 rings (SSSR count). The number of benzene rings is 3. The first-order valence-electron chi connectivity index (χ1n) is 8.77. The predicted molar refractivity (Wildman–Crippen MR) is 107 cm³/mol. The van der Waals surface area contributed by atoms with Gasteiger partial charge in [0.1, 0.15) is 0 Å². The van der Waals surface area contributed by atoms with Gasteiger partial charge in [-0.3, -0.25) is 0 Å². The summed E-state index contributed by atoms with van der Waals surface area (Å²) in [5, 5.41) is 11.9. The molecule has 0 aliphatic heterocycles. The molecule has 0 aliphatic rings. The third kappa shape index (κ3) is 3.80. The number of hydrogen-bond acceptors (Lipinski definition) is 1. The van der Waals surface area contributed by atoms with Crippen LogP contribution in [0.2, 0.25) is 0 Å². The minimum absolute atomic E-state index is 0.458. The van der Waals surface area contributed by atoms with E-state index in [1.54, 1.807) is 0 Å². The molecule has 0 spiro atoms. The van der Waals surface area contributed by atoms with Gasteiger partial charge in [0.05, 0.1) is 11.6 Å². The molecule has 0 N–H and O–H groups in total. The molecule has 0 amide bonds. The van der Waals surface area contributed by atoms with Crippen LogP contribution >= 0.6 is 0 Å². The highest BCUT2D eigenvalue weighted by molar-refractivity contribution is 5.88. The zero-order chi connectivity index (χ0) is 17.8. The molecule has 0 fully saturated rings. The second-order valence-electron chi connectivity index (χ2n) is 6.80. The van der Waals surface area contributed by atoms with Crippen molar-refractivity contribution < 1.29 is 0 Å². The summed E-state index contributed by atoms with van der Waals surface area (Å²) in [6.45, 7) is 8.13. The molecule has 3 aromatic carbocycles. The third-order valence-corrected chi connectivity index (χ3v) is 4.83. The Morgan fingerprint density at radius 2 is 1.68 bits per heavy atom. The first kappa shape index (κ1) is 17.0. The van der Waals surface area contributed by atoms with Crippen molar-refractivity contribution in [2.45, 2.75) is 26.7 Å². The molecule has 0 bridgehead atoms. The molecule has 0 saturated carbocycles. The summed E-state index contributed by atoms with van der Waals surface area (Å²) in [4.78, 5) is 0. The fourth-order valence-electron chi connectivity index (χ4n) is 3.13. The highest BCUT2D eigenvalue weighted by Crippen LogP contribution is 2.27. The van der Waals surface area contributed by atoms with Gasteiger partial charge in [-0.2, -0.15) is 5.26 Å². The van der Waals surface area contributed by atoms with Crippen molar-refractivity contribution >= 4 is 10.8 Å². The van der Waals surface area contributed by atoms with Crippen LogP contribution in [0.1, 0.15) is 30.0 Å². The van der Waals surface area contributed by atoms with Gasteiger partial charge in [0, 0.05) is 0 Å². The SMILES string of the molecule is C=CC(C)CCc1cc(-c2ccc3cc(C)ccc3c2)ccc1C#N. The second-order valence-corrected chi connectivity index (χ2v) is 6.80. The standard InChI is InChI=1S/C24H23N/c1-4-17(2)5-7-23-15-22(11-12-24(23)16-25)21-10-9-19-13-18(3)6-8-20(19)14-21/h4,6,8-15,17H,1,5,7H2,2-3H3. The van der Waals surface area contributed by atoms with Gasteiger partial charge in [-0.15, -0.1) is 6.58 Å². The van der Waals surface area contributed by atoms with Gasteiger partial charge >= 0.3 is 0 Å². The zero-order valence-electron chi connectivity index (χ0n) is 14.9. The lowest BCUT2D eigenvalue weighted by Gasteiger charge is -2.11. The van der Waals surface area contributed by atoms with Gasteiger partial charge in [-0.1, -0.05) is 55.0 Å². The minimum Gasteiger partial charge on any atom is -0.192 e. The fourth-order valence-corrected chi connectivity index (χ4v) is 3.13. The van der Waals surface area contributed by atoms with Crippen LogP contribution in [0.3, 0.4) is 0 Å². The Labute approximate surface area is 150 Å². The number of fused-ring (bicyclic) bond motifs is 1. The highest BCUT2D eigenvalue weighted by Gasteiger charge is 2.08. The molecule has 0 saturated heterocycles. The summed E-state index contributed by atoms with van der Waals surface area (Å²) in [5.74, 6) is 0.458. The van der Waals surface area contributed by atoms with Crippen molar-refractivity contribution in [3.63, 3.8) is 0 Å². The maximum absolute atomic E-state index is 9.40. The van der Waals surface area contributed by atoms with E-state index < -0.39 is 0 Å². The smallest absolute Gasteiger partial charge is 0.0994 e. The van der Waals surface area contributed by atoms with Crippen LogP contribution < -0.4 is 0 Å². The maximum Gasteiger partial charge on any atom is 0.0994 e. The molecule has 3 aromatic rings. The van der Waals surface area contributed by atoms with Gasteiger partial charge in [-0.25, -0.2) is 0 Å². The van der Waals surface area contributed by atoms with Crippen molar-refractivity contribution in [3.05, 3.63) is 83.9 Å². The highest BCUT2D eigenvalue weighted by atomic mass is 14.2. The van der Waals surface area contributed by atoms with E-state index >= 15 is 0 Å². The number of allylic oxidation sites excluding steroid dienone is 1. The Morgan fingerprint density at radius 3 is 2.44 bits per heavy atom. The van der Waals surface area contributed by atoms with Gasteiger partial charge in [0.15, 0.2) is 0 Å². The Morgan fingerprint density at radius 1 is 1.00 bits per heavy atom. The van der Waals surface area contributed by atoms with Crippen molar-refractivity contribution in [3.8, 4) is 17.2 Å². The summed E-state index contributed by atoms with van der Waals surface area (Å²) >= 11 is 0. The van der Waals surface area contributed by atoms with E-state index in [4.69, 9.17) is 0 Å². The van der Waals surface area contributed by atoms with Crippen LogP contribution in [0.25, 0.3) is 21.9 Å². The third-order valence-electron chi connectivity index (χ3n) is 4.83. The Bertz CT molecular complexity index is 959. The Kier molecular flexibility index (Phi) is 5.00. The normalized spacial score (nSPS) is 11.9. The van der Waals surface area contributed by atoms with E-state index in [2.05, 4.69) is 69.0 Å². The van der Waals surface area contributed by atoms with Crippen LogP contribution in [0, 0.1) is 24.2 Å². The summed E-state index contributed by atoms with van der Waals surface area (Å²) in [6, 6.07) is 21.6. The van der Waals surface area contributed by atoms with Gasteiger partial charge in [0.2, 0.25) is 0 Å². The summed E-state index contributed by atoms with van der Waals surface area (Å²) in [6.07, 6.45) is 3.89. The van der Waals surface area contributed by atoms with Crippen LogP contribution in [-0.4, -0.2) is 0 Å². The number of rotatable bonds is 5. The topological polar surface area (TPSA) is 23.8 Å². The average molecular weight is 325 g/mol. The molecule has 1 nitrogen and oxygen atoms in total. The predicted octanol–water partition coefficient (Wildman–Crippen LogP) is 6.44. The number of nitriles is 1. The van der Waals surface area contributed by atoms with Gasteiger partial charge in [0.25, 0.3) is 0 Å². The zero-order valence-corrected chi connectivity index (χ0v) is 14.9.